The summed E-state index contributed by atoms with van der Waals surface area (Å²) in [6.07, 6.45) is 2.75. The lowest BCUT2D eigenvalue weighted by molar-refractivity contribution is -0.144. The molecule has 1 N–H and O–H groups in total. The molecule has 0 bridgehead atoms. The van der Waals surface area contributed by atoms with Crippen LogP contribution < -0.4 is 4.74 Å². The average molecular weight is 609 g/mol. The second-order valence-electron chi connectivity index (χ2n) is 12.9. The number of hydrogen-bond donors (Lipinski definition) is 1. The van der Waals surface area contributed by atoms with Crippen LogP contribution in [0, 0.1) is 18.8 Å². The molecule has 7 nitrogen and oxygen atoms in total. The van der Waals surface area contributed by atoms with Crippen LogP contribution in [0.3, 0.4) is 0 Å². The van der Waals surface area contributed by atoms with Crippen LogP contribution >= 0.6 is 0 Å². The first-order chi connectivity index (χ1) is 21.1. The zero-order valence-corrected chi connectivity index (χ0v) is 26.3. The summed E-state index contributed by atoms with van der Waals surface area (Å²) in [6.45, 7) is 10.8. The molecule has 2 saturated heterocycles. The number of aromatic nitrogens is 2. The molecule has 0 radical (unpaired) electrons. The lowest BCUT2D eigenvalue weighted by Gasteiger charge is -2.35. The molecule has 3 atom stereocenters. The molecule has 2 fully saturated rings. The minimum absolute atomic E-state index is 0.0485. The van der Waals surface area contributed by atoms with E-state index in [2.05, 4.69) is 63.4 Å². The van der Waals surface area contributed by atoms with Gasteiger partial charge in [0.25, 0.3) is 0 Å². The lowest BCUT2D eigenvalue weighted by atomic mass is 9.86. The van der Waals surface area contributed by atoms with Crippen LogP contribution in [0.25, 0.3) is 0 Å². The second-order valence-corrected chi connectivity index (χ2v) is 12.9. The molecule has 3 aromatic rings. The Morgan fingerprint density at radius 2 is 1.80 bits per heavy atom. The lowest BCUT2D eigenvalue weighted by Crippen LogP contribution is -2.44. The number of hydrogen-bond acceptors (Lipinski definition) is 5. The first-order valence-electron chi connectivity index (χ1n) is 16.0. The van der Waals surface area contributed by atoms with Crippen LogP contribution in [0.2, 0.25) is 0 Å². The fraction of sp³-hybridized carbons (Fsp3) is 0.543. The van der Waals surface area contributed by atoms with Crippen molar-refractivity contribution in [2.75, 3.05) is 32.7 Å². The van der Waals surface area contributed by atoms with E-state index in [9.17, 15) is 18.7 Å². The highest BCUT2D eigenvalue weighted by Gasteiger charge is 2.41. The number of likely N-dealkylation sites (tertiary alicyclic amines) is 2. The van der Waals surface area contributed by atoms with Crippen LogP contribution in [0.4, 0.5) is 8.78 Å². The van der Waals surface area contributed by atoms with Crippen LogP contribution in [0.1, 0.15) is 73.5 Å². The van der Waals surface area contributed by atoms with Gasteiger partial charge in [0.1, 0.15) is 11.8 Å². The van der Waals surface area contributed by atoms with E-state index in [4.69, 9.17) is 5.10 Å². The van der Waals surface area contributed by atoms with E-state index in [0.717, 1.165) is 63.4 Å². The van der Waals surface area contributed by atoms with Crippen molar-refractivity contribution in [2.45, 2.75) is 78.0 Å². The number of carboxylic acid groups (broad SMARTS) is 1. The molecule has 44 heavy (non-hydrogen) atoms. The molecule has 0 spiro atoms. The van der Waals surface area contributed by atoms with E-state index in [1.807, 2.05) is 26.0 Å². The Balaban J connectivity index is 1.23. The van der Waals surface area contributed by atoms with E-state index < -0.39 is 18.6 Å². The second kappa shape index (κ2) is 14.2. The Morgan fingerprint density at radius 1 is 1.07 bits per heavy atom. The van der Waals surface area contributed by atoms with Gasteiger partial charge in [0.15, 0.2) is 0 Å². The fourth-order valence-corrected chi connectivity index (χ4v) is 7.35. The first kappa shape index (κ1) is 32.1. The van der Waals surface area contributed by atoms with E-state index in [1.165, 1.54) is 16.8 Å². The molecular formula is C35H46F2N4O3. The SMILES string of the molecule is CCn1nc(Cc2ccc(OC(F)F)cc2)cc1C1CCN(C[C@H]2CN([C@@H](C(=O)O)C(C)C)C[C@@H]2c2cccc(C)c2)CC1. The van der Waals surface area contributed by atoms with E-state index in [1.54, 1.807) is 12.1 Å². The van der Waals surface area contributed by atoms with Gasteiger partial charge in [-0.2, -0.15) is 13.9 Å². The summed E-state index contributed by atoms with van der Waals surface area (Å²) in [5, 5.41) is 14.9. The largest absolute Gasteiger partial charge is 0.480 e. The molecule has 0 unspecified atom stereocenters. The van der Waals surface area contributed by atoms with Crippen molar-refractivity contribution in [1.29, 1.82) is 0 Å². The zero-order valence-electron chi connectivity index (χ0n) is 26.3. The highest BCUT2D eigenvalue weighted by Crippen LogP contribution is 2.37. The Kier molecular flexibility index (Phi) is 10.4. The molecule has 238 valence electrons. The third-order valence-corrected chi connectivity index (χ3v) is 9.41. The maximum atomic E-state index is 12.5. The number of carbonyl (C=O) groups is 1. The molecule has 1 aromatic heterocycles. The molecule has 2 aromatic carbocycles. The van der Waals surface area contributed by atoms with Gasteiger partial charge in [0, 0.05) is 50.1 Å². The molecule has 0 aliphatic carbocycles. The molecule has 9 heteroatoms. The minimum atomic E-state index is -2.83. The third-order valence-electron chi connectivity index (χ3n) is 9.41. The fourth-order valence-electron chi connectivity index (χ4n) is 7.35. The van der Waals surface area contributed by atoms with Crippen LogP contribution in [-0.2, 0) is 17.8 Å². The number of carboxylic acids is 1. The van der Waals surface area contributed by atoms with Crippen molar-refractivity contribution in [3.63, 3.8) is 0 Å². The van der Waals surface area contributed by atoms with Gasteiger partial charge in [-0.15, -0.1) is 0 Å². The molecule has 5 rings (SSSR count). The number of ether oxygens (including phenoxy) is 1. The van der Waals surface area contributed by atoms with Crippen molar-refractivity contribution < 1.29 is 23.4 Å². The molecule has 0 amide bonds. The Morgan fingerprint density at radius 3 is 2.41 bits per heavy atom. The van der Waals surface area contributed by atoms with Gasteiger partial charge in [-0.3, -0.25) is 14.4 Å². The minimum Gasteiger partial charge on any atom is -0.480 e. The molecule has 2 aliphatic heterocycles. The van der Waals surface area contributed by atoms with Crippen molar-refractivity contribution in [2.24, 2.45) is 11.8 Å². The smallest absolute Gasteiger partial charge is 0.387 e. The van der Waals surface area contributed by atoms with Crippen LogP contribution in [0.5, 0.6) is 5.75 Å². The van der Waals surface area contributed by atoms with E-state index in [0.29, 0.717) is 24.2 Å². The van der Waals surface area contributed by atoms with Gasteiger partial charge in [-0.05, 0) is 80.9 Å². The number of aryl methyl sites for hydroxylation is 2. The highest BCUT2D eigenvalue weighted by atomic mass is 19.3. The van der Waals surface area contributed by atoms with Crippen molar-refractivity contribution in [3.8, 4) is 5.75 Å². The average Bonchev–Trinajstić information content (AvgIpc) is 3.58. The quantitative estimate of drug-likeness (QED) is 0.256. The summed E-state index contributed by atoms with van der Waals surface area (Å²) in [7, 11) is 0. The number of alkyl halides is 2. The normalized spacial score (nSPS) is 20.9. The monoisotopic (exact) mass is 608 g/mol. The Hall–Kier alpha value is -3.30. The predicted octanol–water partition coefficient (Wildman–Crippen LogP) is 6.41. The molecular weight excluding hydrogens is 562 g/mol. The Labute approximate surface area is 259 Å². The summed E-state index contributed by atoms with van der Waals surface area (Å²) in [6, 6.07) is 17.3. The first-order valence-corrected chi connectivity index (χ1v) is 16.0. The van der Waals surface area contributed by atoms with Crippen molar-refractivity contribution >= 4 is 5.97 Å². The van der Waals surface area contributed by atoms with Gasteiger partial charge >= 0.3 is 12.6 Å². The summed E-state index contributed by atoms with van der Waals surface area (Å²) < 4.78 is 31.6. The summed E-state index contributed by atoms with van der Waals surface area (Å²) in [5.41, 5.74) is 5.81. The van der Waals surface area contributed by atoms with E-state index in [-0.39, 0.29) is 11.7 Å². The summed E-state index contributed by atoms with van der Waals surface area (Å²) in [4.78, 5) is 17.0. The summed E-state index contributed by atoms with van der Waals surface area (Å²) in [5.74, 6) is 0.598. The van der Waals surface area contributed by atoms with Gasteiger partial charge in [0.05, 0.1) is 5.69 Å². The zero-order chi connectivity index (χ0) is 31.4. The van der Waals surface area contributed by atoms with Crippen LogP contribution in [0.15, 0.2) is 54.6 Å². The maximum Gasteiger partial charge on any atom is 0.387 e. The van der Waals surface area contributed by atoms with Crippen molar-refractivity contribution in [1.82, 2.24) is 19.6 Å². The topological polar surface area (TPSA) is 70.8 Å². The standard InChI is InChI=1S/C35H46F2N4O3/c1-5-41-32(19-29(38-41)18-25-9-11-30(12-10-25)44-35(36)37)26-13-15-39(16-14-26)20-28-21-40(33(23(2)3)34(42)43)22-31(28)27-8-6-7-24(4)17-27/h6-12,17,19,23,26,28,31,33,35H,5,13-16,18,20-22H2,1-4H3,(H,42,43)/t28-,31+,33+/m0/s1. The molecule has 0 saturated carbocycles. The maximum absolute atomic E-state index is 12.5. The number of benzene rings is 2. The van der Waals surface area contributed by atoms with E-state index >= 15 is 0 Å². The van der Waals surface area contributed by atoms with Gasteiger partial charge in [-0.1, -0.05) is 55.8 Å². The van der Waals surface area contributed by atoms with Gasteiger partial charge < -0.3 is 14.7 Å². The number of halogens is 2. The number of aliphatic carboxylic acids is 1. The predicted molar refractivity (Wildman–Crippen MR) is 167 cm³/mol. The number of nitrogens with zero attached hydrogens (tertiary/aromatic N) is 4. The number of rotatable bonds is 12. The van der Waals surface area contributed by atoms with Crippen molar-refractivity contribution in [3.05, 3.63) is 82.7 Å². The third kappa shape index (κ3) is 7.67. The number of piperidine rings is 1. The molecule has 3 heterocycles. The van der Waals surface area contributed by atoms with Gasteiger partial charge in [0.2, 0.25) is 0 Å². The van der Waals surface area contributed by atoms with Gasteiger partial charge in [-0.25, -0.2) is 0 Å². The summed E-state index contributed by atoms with van der Waals surface area (Å²) >= 11 is 0. The van der Waals surface area contributed by atoms with Crippen LogP contribution in [-0.4, -0.2) is 76.0 Å². The Bertz CT molecular complexity index is 1380. The molecule has 2 aliphatic rings. The highest BCUT2D eigenvalue weighted by molar-refractivity contribution is 5.73.